The van der Waals surface area contributed by atoms with Crippen LogP contribution in [0.4, 0.5) is 4.39 Å². The number of amides is 2. The molecule has 1 fully saturated rings. The van der Waals surface area contributed by atoms with Crippen LogP contribution in [0.2, 0.25) is 0 Å². The summed E-state index contributed by atoms with van der Waals surface area (Å²) in [4.78, 5) is 30.1. The Balaban J connectivity index is 1.50. The molecule has 5 rings (SSSR count). The molecule has 1 saturated carbocycles. The number of carbonyl (C=O) groups is 2. The quantitative estimate of drug-likeness (QED) is 0.218. The smallest absolute Gasteiger partial charge is 0.243 e. The molecule has 5 heteroatoms. The number of nitrogens with zero attached hydrogens (tertiary/aromatic N) is 1. The summed E-state index contributed by atoms with van der Waals surface area (Å²) >= 11 is 0. The second kappa shape index (κ2) is 13.9. The largest absolute Gasteiger partial charge is 0.352 e. The third-order valence-electron chi connectivity index (χ3n) is 8.02. The summed E-state index contributed by atoms with van der Waals surface area (Å²) in [7, 11) is 0. The number of hydrogen-bond donors (Lipinski definition) is 1. The van der Waals surface area contributed by atoms with Crippen molar-refractivity contribution in [2.45, 2.75) is 63.1 Å². The van der Waals surface area contributed by atoms with Gasteiger partial charge in [-0.3, -0.25) is 9.59 Å². The van der Waals surface area contributed by atoms with E-state index in [2.05, 4.69) is 5.32 Å². The maximum Gasteiger partial charge on any atom is 0.243 e. The monoisotopic (exact) mass is 548 g/mol. The van der Waals surface area contributed by atoms with Crippen LogP contribution < -0.4 is 5.32 Å². The van der Waals surface area contributed by atoms with Crippen LogP contribution in [0.3, 0.4) is 0 Å². The van der Waals surface area contributed by atoms with Crippen molar-refractivity contribution in [2.75, 3.05) is 0 Å². The molecule has 1 aliphatic carbocycles. The molecule has 4 nitrogen and oxygen atoms in total. The highest BCUT2D eigenvalue weighted by Crippen LogP contribution is 2.30. The van der Waals surface area contributed by atoms with Crippen LogP contribution in [0.1, 0.15) is 60.3 Å². The van der Waals surface area contributed by atoms with Gasteiger partial charge in [-0.1, -0.05) is 116 Å². The fourth-order valence-corrected chi connectivity index (χ4v) is 5.80. The first-order valence-corrected chi connectivity index (χ1v) is 14.5. The molecule has 0 bridgehead atoms. The Labute approximate surface area is 242 Å². The number of benzene rings is 4. The van der Waals surface area contributed by atoms with Gasteiger partial charge >= 0.3 is 0 Å². The van der Waals surface area contributed by atoms with Crippen molar-refractivity contribution in [3.63, 3.8) is 0 Å². The minimum atomic E-state index is -0.706. The molecule has 0 heterocycles. The molecule has 0 saturated heterocycles. The molecule has 0 aliphatic heterocycles. The highest BCUT2D eigenvalue weighted by atomic mass is 19.1. The van der Waals surface area contributed by atoms with E-state index in [1.165, 1.54) is 12.1 Å². The van der Waals surface area contributed by atoms with Gasteiger partial charge in [0.2, 0.25) is 11.8 Å². The topological polar surface area (TPSA) is 49.4 Å². The molecule has 0 unspecified atom stereocenters. The summed E-state index contributed by atoms with van der Waals surface area (Å²) in [5.74, 6) is -0.753. The van der Waals surface area contributed by atoms with Crippen molar-refractivity contribution in [2.24, 2.45) is 0 Å². The molecule has 210 valence electrons. The fraction of sp³-hybridized carbons (Fsp3) is 0.278. The Hall–Kier alpha value is -4.25. The number of nitrogens with one attached hydrogen (secondary N) is 1. The third-order valence-corrected chi connectivity index (χ3v) is 8.02. The lowest BCUT2D eigenvalue weighted by Crippen LogP contribution is -2.52. The summed E-state index contributed by atoms with van der Waals surface area (Å²) in [5, 5.41) is 3.25. The summed E-state index contributed by atoms with van der Waals surface area (Å²) in [6, 6.07) is 35.5. The van der Waals surface area contributed by atoms with Crippen LogP contribution in [-0.4, -0.2) is 28.8 Å². The van der Waals surface area contributed by atoms with Gasteiger partial charge in [-0.15, -0.1) is 0 Å². The molecule has 1 aliphatic rings. The van der Waals surface area contributed by atoms with Gasteiger partial charge in [-0.2, -0.15) is 0 Å². The minimum absolute atomic E-state index is 0.116. The van der Waals surface area contributed by atoms with Crippen LogP contribution >= 0.6 is 0 Å². The van der Waals surface area contributed by atoms with Crippen molar-refractivity contribution in [3.8, 4) is 0 Å². The van der Waals surface area contributed by atoms with Crippen LogP contribution in [0.5, 0.6) is 0 Å². The molecule has 0 radical (unpaired) electrons. The maximum atomic E-state index is 14.4. The first kappa shape index (κ1) is 28.3. The third kappa shape index (κ3) is 7.69. The van der Waals surface area contributed by atoms with E-state index in [9.17, 15) is 14.0 Å². The van der Waals surface area contributed by atoms with Gasteiger partial charge in [0.1, 0.15) is 11.9 Å². The Morgan fingerprint density at radius 1 is 0.732 bits per heavy atom. The molecule has 1 atom stereocenters. The first-order chi connectivity index (χ1) is 20.1. The van der Waals surface area contributed by atoms with Gasteiger partial charge in [0, 0.05) is 31.3 Å². The predicted octanol–water partition coefficient (Wildman–Crippen LogP) is 7.05. The van der Waals surface area contributed by atoms with E-state index in [1.807, 2.05) is 91.0 Å². The van der Waals surface area contributed by atoms with Crippen LogP contribution in [-0.2, 0) is 22.6 Å². The number of halogens is 1. The molecule has 4 aromatic carbocycles. The average Bonchev–Trinajstić information content (AvgIpc) is 3.53. The van der Waals surface area contributed by atoms with Gasteiger partial charge in [0.15, 0.2) is 0 Å². The van der Waals surface area contributed by atoms with Crippen LogP contribution in [0, 0.1) is 5.82 Å². The average molecular weight is 549 g/mol. The van der Waals surface area contributed by atoms with Crippen molar-refractivity contribution in [1.29, 1.82) is 0 Å². The Bertz CT molecular complexity index is 1350. The maximum absolute atomic E-state index is 14.4. The summed E-state index contributed by atoms with van der Waals surface area (Å²) in [6.07, 6.45) is 4.72. The van der Waals surface area contributed by atoms with E-state index in [-0.39, 0.29) is 42.6 Å². The lowest BCUT2D eigenvalue weighted by molar-refractivity contribution is -0.141. The number of rotatable bonds is 11. The van der Waals surface area contributed by atoms with Gasteiger partial charge in [0.25, 0.3) is 0 Å². The summed E-state index contributed by atoms with van der Waals surface area (Å²) in [5.41, 5.74) is 3.86. The van der Waals surface area contributed by atoms with Gasteiger partial charge in [-0.05, 0) is 47.2 Å². The SMILES string of the molecule is O=C(NC1CCCC1)[C@H](Cc1ccccc1)N(Cc1ccc(F)cc1)C(=O)CC(c1ccccc1)c1ccccc1. The molecular weight excluding hydrogens is 511 g/mol. The van der Waals surface area contributed by atoms with Crippen molar-refractivity contribution < 1.29 is 14.0 Å². The van der Waals surface area contributed by atoms with Crippen molar-refractivity contribution >= 4 is 11.8 Å². The zero-order valence-corrected chi connectivity index (χ0v) is 23.3. The predicted molar refractivity (Wildman–Crippen MR) is 161 cm³/mol. The molecule has 2 amide bonds. The van der Waals surface area contributed by atoms with Gasteiger partial charge < -0.3 is 10.2 Å². The molecular formula is C36H37FN2O2. The second-order valence-electron chi connectivity index (χ2n) is 10.9. The highest BCUT2D eigenvalue weighted by Gasteiger charge is 2.33. The van der Waals surface area contributed by atoms with E-state index >= 15 is 0 Å². The molecule has 1 N–H and O–H groups in total. The normalized spacial score (nSPS) is 14.1. The van der Waals surface area contributed by atoms with Crippen molar-refractivity contribution in [3.05, 3.63) is 143 Å². The van der Waals surface area contributed by atoms with Gasteiger partial charge in [-0.25, -0.2) is 4.39 Å². The molecule has 0 aromatic heterocycles. The van der Waals surface area contributed by atoms with E-state index in [0.29, 0.717) is 6.42 Å². The standard InChI is InChI=1S/C36H37FN2O2/c37-31-22-20-28(21-23-31)26-39(34(24-27-12-4-1-5-13-27)36(41)38-32-18-10-11-19-32)35(40)25-33(29-14-6-2-7-15-29)30-16-8-3-9-17-30/h1-9,12-17,20-23,32-34H,10-11,18-19,24-26H2,(H,38,41)/t34-/m0/s1. The molecule has 4 aromatic rings. The molecule has 0 spiro atoms. The van der Waals surface area contributed by atoms with E-state index in [4.69, 9.17) is 0 Å². The lowest BCUT2D eigenvalue weighted by Gasteiger charge is -2.33. The van der Waals surface area contributed by atoms with Crippen LogP contribution in [0.25, 0.3) is 0 Å². The Morgan fingerprint density at radius 3 is 1.83 bits per heavy atom. The zero-order chi connectivity index (χ0) is 28.4. The summed E-state index contributed by atoms with van der Waals surface area (Å²) < 4.78 is 13.8. The van der Waals surface area contributed by atoms with Gasteiger partial charge in [0.05, 0.1) is 0 Å². The fourth-order valence-electron chi connectivity index (χ4n) is 5.80. The first-order valence-electron chi connectivity index (χ1n) is 14.5. The van der Waals surface area contributed by atoms with E-state index in [0.717, 1.165) is 47.9 Å². The highest BCUT2D eigenvalue weighted by molar-refractivity contribution is 5.88. The van der Waals surface area contributed by atoms with Crippen molar-refractivity contribution in [1.82, 2.24) is 10.2 Å². The second-order valence-corrected chi connectivity index (χ2v) is 10.9. The Morgan fingerprint density at radius 2 is 1.27 bits per heavy atom. The summed E-state index contributed by atoms with van der Waals surface area (Å²) in [6.45, 7) is 0.213. The Kier molecular flexibility index (Phi) is 9.58. The molecule has 41 heavy (non-hydrogen) atoms. The zero-order valence-electron chi connectivity index (χ0n) is 23.3. The number of hydrogen-bond acceptors (Lipinski definition) is 2. The minimum Gasteiger partial charge on any atom is -0.352 e. The number of carbonyl (C=O) groups excluding carboxylic acids is 2. The van der Waals surface area contributed by atoms with Crippen LogP contribution in [0.15, 0.2) is 115 Å². The van der Waals surface area contributed by atoms with E-state index < -0.39 is 6.04 Å². The van der Waals surface area contributed by atoms with E-state index in [1.54, 1.807) is 17.0 Å². The lowest BCUT2D eigenvalue weighted by atomic mass is 9.87.